The number of hydrogen-bond acceptors (Lipinski definition) is 4. The first kappa shape index (κ1) is 12.6. The zero-order valence-electron chi connectivity index (χ0n) is 10.6. The maximum absolute atomic E-state index is 12.2. The van der Waals surface area contributed by atoms with Gasteiger partial charge in [-0.3, -0.25) is 13.9 Å². The third kappa shape index (κ3) is 1.76. The van der Waals surface area contributed by atoms with E-state index in [1.54, 1.807) is 25.6 Å². The second-order valence-corrected chi connectivity index (χ2v) is 4.35. The standard InChI is InChI=1S/C11H16N4O3/c1-4-7(16)5-15-10(17)8-9(12-6-13(8)2)14(3)11(15)18/h6-7,16H,4-5H2,1-3H3/t7-/m1/s1. The maximum Gasteiger partial charge on any atom is 0.332 e. The quantitative estimate of drug-likeness (QED) is 0.775. The van der Waals surface area contributed by atoms with Crippen LogP contribution in [0.25, 0.3) is 11.2 Å². The van der Waals surface area contributed by atoms with Gasteiger partial charge in [-0.05, 0) is 6.42 Å². The molecule has 7 nitrogen and oxygen atoms in total. The lowest BCUT2D eigenvalue weighted by Crippen LogP contribution is -2.42. The number of aryl methyl sites for hydroxylation is 2. The minimum Gasteiger partial charge on any atom is -0.391 e. The molecule has 1 N–H and O–H groups in total. The summed E-state index contributed by atoms with van der Waals surface area (Å²) in [5, 5.41) is 9.61. The van der Waals surface area contributed by atoms with Crippen LogP contribution in [0.4, 0.5) is 0 Å². The molecule has 0 saturated carbocycles. The number of aliphatic hydroxyl groups excluding tert-OH is 1. The Bertz CT molecular complexity index is 695. The molecular formula is C11H16N4O3. The first-order valence-corrected chi connectivity index (χ1v) is 5.76. The van der Waals surface area contributed by atoms with Gasteiger partial charge in [-0.1, -0.05) is 6.92 Å². The zero-order chi connectivity index (χ0) is 13.4. The van der Waals surface area contributed by atoms with E-state index in [0.29, 0.717) is 17.6 Å². The fraction of sp³-hybridized carbons (Fsp3) is 0.545. The maximum atomic E-state index is 12.2. The molecule has 0 unspecified atom stereocenters. The Morgan fingerprint density at radius 2 is 2.06 bits per heavy atom. The van der Waals surface area contributed by atoms with Crippen LogP contribution in [0, 0.1) is 0 Å². The average Bonchev–Trinajstić information content (AvgIpc) is 2.74. The average molecular weight is 252 g/mol. The van der Waals surface area contributed by atoms with E-state index in [4.69, 9.17) is 0 Å². The van der Waals surface area contributed by atoms with Gasteiger partial charge in [0, 0.05) is 14.1 Å². The van der Waals surface area contributed by atoms with Gasteiger partial charge in [-0.25, -0.2) is 9.78 Å². The summed E-state index contributed by atoms with van der Waals surface area (Å²) >= 11 is 0. The van der Waals surface area contributed by atoms with Gasteiger partial charge >= 0.3 is 5.69 Å². The highest BCUT2D eigenvalue weighted by molar-refractivity contribution is 5.69. The van der Waals surface area contributed by atoms with E-state index < -0.39 is 17.4 Å². The van der Waals surface area contributed by atoms with Crippen LogP contribution in [0.1, 0.15) is 13.3 Å². The van der Waals surface area contributed by atoms with Crippen LogP contribution in [0.15, 0.2) is 15.9 Å². The van der Waals surface area contributed by atoms with Crippen molar-refractivity contribution in [2.24, 2.45) is 14.1 Å². The summed E-state index contributed by atoms with van der Waals surface area (Å²) in [6, 6.07) is 0. The lowest BCUT2D eigenvalue weighted by atomic mass is 10.3. The van der Waals surface area contributed by atoms with E-state index in [1.807, 2.05) is 0 Å². The second kappa shape index (κ2) is 4.41. The summed E-state index contributed by atoms with van der Waals surface area (Å²) in [6.45, 7) is 1.80. The molecule has 2 rings (SSSR count). The fourth-order valence-electron chi connectivity index (χ4n) is 1.90. The molecule has 0 saturated heterocycles. The molecule has 0 fully saturated rings. The Balaban J connectivity index is 2.78. The molecule has 2 aromatic heterocycles. The first-order chi connectivity index (χ1) is 8.47. The van der Waals surface area contributed by atoms with Crippen LogP contribution < -0.4 is 11.2 Å². The number of aliphatic hydroxyl groups is 1. The van der Waals surface area contributed by atoms with Crippen LogP contribution in [-0.4, -0.2) is 29.9 Å². The first-order valence-electron chi connectivity index (χ1n) is 5.76. The van der Waals surface area contributed by atoms with Crippen molar-refractivity contribution in [3.05, 3.63) is 27.2 Å². The van der Waals surface area contributed by atoms with Crippen molar-refractivity contribution >= 4 is 11.2 Å². The molecule has 0 spiro atoms. The number of hydrogen-bond donors (Lipinski definition) is 1. The van der Waals surface area contributed by atoms with Gasteiger partial charge in [-0.2, -0.15) is 0 Å². The van der Waals surface area contributed by atoms with E-state index >= 15 is 0 Å². The number of aromatic nitrogens is 4. The number of nitrogens with zero attached hydrogens (tertiary/aromatic N) is 4. The van der Waals surface area contributed by atoms with Gasteiger partial charge in [0.1, 0.15) is 0 Å². The molecule has 1 atom stereocenters. The fourth-order valence-corrected chi connectivity index (χ4v) is 1.90. The molecule has 0 radical (unpaired) electrons. The predicted molar refractivity (Wildman–Crippen MR) is 66.5 cm³/mol. The molecule has 2 heterocycles. The van der Waals surface area contributed by atoms with Crippen LogP contribution >= 0.6 is 0 Å². The van der Waals surface area contributed by atoms with E-state index in [0.717, 1.165) is 4.57 Å². The largest absolute Gasteiger partial charge is 0.391 e. The van der Waals surface area contributed by atoms with Crippen molar-refractivity contribution in [2.45, 2.75) is 26.0 Å². The Hall–Kier alpha value is -1.89. The lowest BCUT2D eigenvalue weighted by Gasteiger charge is -2.11. The molecule has 0 amide bonds. The van der Waals surface area contributed by atoms with Crippen molar-refractivity contribution < 1.29 is 5.11 Å². The molecule has 2 aromatic rings. The van der Waals surface area contributed by atoms with Crippen molar-refractivity contribution in [1.82, 2.24) is 18.7 Å². The number of imidazole rings is 1. The van der Waals surface area contributed by atoms with Gasteiger partial charge in [0.05, 0.1) is 19.0 Å². The van der Waals surface area contributed by atoms with Gasteiger partial charge in [0.2, 0.25) is 0 Å². The van der Waals surface area contributed by atoms with Crippen molar-refractivity contribution in [3.8, 4) is 0 Å². The Morgan fingerprint density at radius 3 is 2.67 bits per heavy atom. The smallest absolute Gasteiger partial charge is 0.332 e. The van der Waals surface area contributed by atoms with Gasteiger partial charge < -0.3 is 9.67 Å². The van der Waals surface area contributed by atoms with Crippen LogP contribution in [-0.2, 0) is 20.6 Å². The Morgan fingerprint density at radius 1 is 1.39 bits per heavy atom. The molecule has 0 bridgehead atoms. The topological polar surface area (TPSA) is 82.1 Å². The molecule has 0 aromatic carbocycles. The monoisotopic (exact) mass is 252 g/mol. The highest BCUT2D eigenvalue weighted by Crippen LogP contribution is 2.03. The highest BCUT2D eigenvalue weighted by Gasteiger charge is 2.16. The summed E-state index contributed by atoms with van der Waals surface area (Å²) in [5.74, 6) is 0. The summed E-state index contributed by atoms with van der Waals surface area (Å²) in [6.07, 6.45) is 1.27. The molecule has 0 aliphatic rings. The normalized spacial score (nSPS) is 13.1. The molecule has 0 aliphatic carbocycles. The minimum absolute atomic E-state index is 0.00310. The molecule has 0 aliphatic heterocycles. The van der Waals surface area contributed by atoms with Gasteiger partial charge in [-0.15, -0.1) is 0 Å². The third-order valence-electron chi connectivity index (χ3n) is 3.07. The van der Waals surface area contributed by atoms with Crippen LogP contribution in [0.2, 0.25) is 0 Å². The second-order valence-electron chi connectivity index (χ2n) is 4.35. The van der Waals surface area contributed by atoms with Gasteiger partial charge in [0.15, 0.2) is 11.2 Å². The van der Waals surface area contributed by atoms with Crippen LogP contribution in [0.3, 0.4) is 0 Å². The molecular weight excluding hydrogens is 236 g/mol. The summed E-state index contributed by atoms with van der Waals surface area (Å²) < 4.78 is 3.95. The van der Waals surface area contributed by atoms with Gasteiger partial charge in [0.25, 0.3) is 5.56 Å². The minimum atomic E-state index is -0.707. The van der Waals surface area contributed by atoms with E-state index in [9.17, 15) is 14.7 Å². The number of rotatable bonds is 3. The Kier molecular flexibility index (Phi) is 3.08. The van der Waals surface area contributed by atoms with Crippen molar-refractivity contribution in [3.63, 3.8) is 0 Å². The van der Waals surface area contributed by atoms with Crippen molar-refractivity contribution in [1.29, 1.82) is 0 Å². The van der Waals surface area contributed by atoms with E-state index in [1.165, 1.54) is 10.9 Å². The number of fused-ring (bicyclic) bond motifs is 1. The lowest BCUT2D eigenvalue weighted by molar-refractivity contribution is 0.146. The van der Waals surface area contributed by atoms with Crippen molar-refractivity contribution in [2.75, 3.05) is 0 Å². The van der Waals surface area contributed by atoms with Crippen LogP contribution in [0.5, 0.6) is 0 Å². The Labute approximate surface area is 103 Å². The van der Waals surface area contributed by atoms with E-state index in [2.05, 4.69) is 4.98 Å². The third-order valence-corrected chi connectivity index (χ3v) is 3.07. The molecule has 18 heavy (non-hydrogen) atoms. The molecule has 7 heteroatoms. The summed E-state index contributed by atoms with van der Waals surface area (Å²) in [4.78, 5) is 28.3. The summed E-state index contributed by atoms with van der Waals surface area (Å²) in [5.41, 5.74) is -0.158. The SMILES string of the molecule is CC[C@@H](O)Cn1c(=O)c2c(ncn2C)n(C)c1=O. The highest BCUT2D eigenvalue weighted by atomic mass is 16.3. The molecule has 98 valence electrons. The summed E-state index contributed by atoms with van der Waals surface area (Å²) in [7, 11) is 3.26. The zero-order valence-corrected chi connectivity index (χ0v) is 10.6. The predicted octanol–water partition coefficient (Wildman–Crippen LogP) is -0.795. The van der Waals surface area contributed by atoms with E-state index in [-0.39, 0.29) is 6.54 Å².